The second-order valence-electron chi connectivity index (χ2n) is 8.44. The lowest BCUT2D eigenvalue weighted by molar-refractivity contribution is -0.153. The first-order valence-corrected chi connectivity index (χ1v) is 11.6. The molecule has 4 rings (SSSR count). The lowest BCUT2D eigenvalue weighted by Crippen LogP contribution is -2.38. The molecule has 3 aliphatic rings. The van der Waals surface area contributed by atoms with Crippen molar-refractivity contribution in [1.82, 2.24) is 0 Å². The zero-order chi connectivity index (χ0) is 21.3. The van der Waals surface area contributed by atoms with Gasteiger partial charge in [0.1, 0.15) is 17.8 Å². The van der Waals surface area contributed by atoms with Gasteiger partial charge in [-0.2, -0.15) is 0 Å². The number of ether oxygens (including phenoxy) is 2. The fraction of sp³-hybridized carbons (Fsp3) is 0.542. The number of halogens is 1. The number of rotatable bonds is 4. The van der Waals surface area contributed by atoms with Gasteiger partial charge in [0.05, 0.1) is 11.6 Å². The maximum absolute atomic E-state index is 13.4. The maximum atomic E-state index is 13.4. The van der Waals surface area contributed by atoms with Gasteiger partial charge in [0.25, 0.3) is 0 Å². The van der Waals surface area contributed by atoms with E-state index in [0.717, 1.165) is 60.0 Å². The maximum Gasteiger partial charge on any atom is 0.315 e. The van der Waals surface area contributed by atoms with Gasteiger partial charge in [-0.05, 0) is 79.1 Å². The normalized spacial score (nSPS) is 24.9. The van der Waals surface area contributed by atoms with Crippen molar-refractivity contribution in [3.05, 3.63) is 39.5 Å². The number of carbonyl (C=O) groups excluding carboxylic acids is 2. The van der Waals surface area contributed by atoms with Crippen LogP contribution < -0.4 is 4.74 Å². The summed E-state index contributed by atoms with van der Waals surface area (Å²) in [6.07, 6.45) is 7.29. The molecule has 30 heavy (non-hydrogen) atoms. The summed E-state index contributed by atoms with van der Waals surface area (Å²) in [7, 11) is 1.62. The van der Waals surface area contributed by atoms with Crippen LogP contribution in [-0.4, -0.2) is 30.7 Å². The largest absolute Gasteiger partial charge is 0.496 e. The molecule has 2 atom stereocenters. The highest BCUT2D eigenvalue weighted by Gasteiger charge is 2.43. The fourth-order valence-electron chi connectivity index (χ4n) is 4.97. The zero-order valence-corrected chi connectivity index (χ0v) is 19.2. The number of Topliss-reactive ketones (excluding diaryl/α,β-unsaturated/α-hetero) is 1. The van der Waals surface area contributed by atoms with E-state index in [1.807, 2.05) is 25.1 Å². The van der Waals surface area contributed by atoms with Crippen molar-refractivity contribution in [2.75, 3.05) is 7.11 Å². The van der Waals surface area contributed by atoms with Crippen LogP contribution in [0.1, 0.15) is 69.8 Å². The van der Waals surface area contributed by atoms with E-state index in [0.29, 0.717) is 17.7 Å². The first-order valence-electron chi connectivity index (χ1n) is 10.8. The van der Waals surface area contributed by atoms with Crippen molar-refractivity contribution in [3.8, 4) is 5.75 Å². The second kappa shape index (κ2) is 9.04. The van der Waals surface area contributed by atoms with Crippen molar-refractivity contribution in [3.63, 3.8) is 0 Å². The SMILES string of the molecule is COc1ccc([C@H]2C3=C(CCCC3=O)N=C(C)C2C(=O)OC2CCCCC2)cc1Br. The lowest BCUT2D eigenvalue weighted by atomic mass is 9.71. The van der Waals surface area contributed by atoms with Gasteiger partial charge in [0.2, 0.25) is 0 Å². The molecule has 1 unspecified atom stereocenters. The Morgan fingerprint density at radius 3 is 2.60 bits per heavy atom. The number of allylic oxidation sites excluding steroid dienone is 2. The quantitative estimate of drug-likeness (QED) is 0.540. The summed E-state index contributed by atoms with van der Waals surface area (Å²) in [6, 6.07) is 5.77. The van der Waals surface area contributed by atoms with E-state index in [1.165, 1.54) is 6.42 Å². The Hall–Kier alpha value is -1.95. The number of methoxy groups -OCH3 is 1. The topological polar surface area (TPSA) is 65.0 Å². The zero-order valence-electron chi connectivity index (χ0n) is 17.6. The Morgan fingerprint density at radius 1 is 1.13 bits per heavy atom. The van der Waals surface area contributed by atoms with Gasteiger partial charge in [0.15, 0.2) is 5.78 Å². The summed E-state index contributed by atoms with van der Waals surface area (Å²) < 4.78 is 12.1. The van der Waals surface area contributed by atoms with Crippen LogP contribution in [0.2, 0.25) is 0 Å². The van der Waals surface area contributed by atoms with Gasteiger partial charge in [-0.3, -0.25) is 14.6 Å². The highest BCUT2D eigenvalue weighted by atomic mass is 79.9. The Labute approximate surface area is 186 Å². The van der Waals surface area contributed by atoms with Crippen LogP contribution in [0, 0.1) is 5.92 Å². The Kier molecular flexibility index (Phi) is 6.42. The number of nitrogens with zero attached hydrogens (tertiary/aromatic N) is 1. The number of hydrogen-bond acceptors (Lipinski definition) is 5. The molecule has 1 aliphatic heterocycles. The summed E-state index contributed by atoms with van der Waals surface area (Å²) in [5, 5.41) is 0. The molecule has 1 aromatic carbocycles. The molecule has 0 N–H and O–H groups in total. The van der Waals surface area contributed by atoms with Crippen molar-refractivity contribution < 1.29 is 19.1 Å². The first-order chi connectivity index (χ1) is 14.5. The van der Waals surface area contributed by atoms with Crippen LogP contribution in [-0.2, 0) is 14.3 Å². The van der Waals surface area contributed by atoms with Gasteiger partial charge in [-0.25, -0.2) is 0 Å². The number of carbonyl (C=O) groups is 2. The number of benzene rings is 1. The predicted octanol–water partition coefficient (Wildman–Crippen LogP) is 5.52. The molecular weight excluding hydrogens is 446 g/mol. The van der Waals surface area contributed by atoms with Crippen LogP contribution in [0.15, 0.2) is 38.9 Å². The Morgan fingerprint density at radius 2 is 1.90 bits per heavy atom. The van der Waals surface area contributed by atoms with E-state index in [1.54, 1.807) is 7.11 Å². The highest BCUT2D eigenvalue weighted by Crippen LogP contribution is 2.45. The summed E-state index contributed by atoms with van der Waals surface area (Å²) >= 11 is 3.56. The average molecular weight is 474 g/mol. The number of esters is 1. The molecule has 0 bridgehead atoms. The van der Waals surface area contributed by atoms with Crippen LogP contribution in [0.5, 0.6) is 5.75 Å². The molecule has 1 fully saturated rings. The molecule has 1 saturated carbocycles. The third-order valence-corrected chi connectivity index (χ3v) is 7.08. The van der Waals surface area contributed by atoms with Crippen molar-refractivity contribution in [1.29, 1.82) is 0 Å². The molecule has 0 spiro atoms. The van der Waals surface area contributed by atoms with Gasteiger partial charge in [-0.1, -0.05) is 12.5 Å². The first kappa shape index (κ1) is 21.3. The number of aliphatic imine (C=N–C) groups is 1. The third-order valence-electron chi connectivity index (χ3n) is 6.46. The monoisotopic (exact) mass is 473 g/mol. The molecule has 0 aromatic heterocycles. The summed E-state index contributed by atoms with van der Waals surface area (Å²) in [4.78, 5) is 31.1. The van der Waals surface area contributed by atoms with Gasteiger partial charge < -0.3 is 9.47 Å². The summed E-state index contributed by atoms with van der Waals surface area (Å²) in [5.74, 6) is -0.396. The van der Waals surface area contributed by atoms with Crippen LogP contribution in [0.4, 0.5) is 0 Å². The minimum atomic E-state index is -0.576. The Bertz CT molecular complexity index is 914. The average Bonchev–Trinajstić information content (AvgIpc) is 2.73. The molecule has 1 aromatic rings. The minimum absolute atomic E-state index is 0.0280. The van der Waals surface area contributed by atoms with Gasteiger partial charge in [0, 0.05) is 29.3 Å². The van der Waals surface area contributed by atoms with E-state index in [9.17, 15) is 9.59 Å². The molecule has 6 heteroatoms. The molecule has 5 nitrogen and oxygen atoms in total. The number of hydrogen-bond donors (Lipinski definition) is 0. The molecule has 0 saturated heterocycles. The van der Waals surface area contributed by atoms with Crippen LogP contribution >= 0.6 is 15.9 Å². The van der Waals surface area contributed by atoms with E-state index >= 15 is 0 Å². The van der Waals surface area contributed by atoms with Gasteiger partial charge in [-0.15, -0.1) is 0 Å². The van der Waals surface area contributed by atoms with Crippen LogP contribution in [0.25, 0.3) is 0 Å². The molecule has 0 amide bonds. The minimum Gasteiger partial charge on any atom is -0.496 e. The number of ketones is 1. The fourth-order valence-corrected chi connectivity index (χ4v) is 5.53. The molecule has 1 heterocycles. The molecule has 160 valence electrons. The van der Waals surface area contributed by atoms with Crippen molar-refractivity contribution >= 4 is 33.4 Å². The van der Waals surface area contributed by atoms with Gasteiger partial charge >= 0.3 is 5.97 Å². The molecule has 2 aliphatic carbocycles. The van der Waals surface area contributed by atoms with Crippen molar-refractivity contribution in [2.24, 2.45) is 10.9 Å². The second-order valence-corrected chi connectivity index (χ2v) is 9.29. The van der Waals surface area contributed by atoms with E-state index in [2.05, 4.69) is 15.9 Å². The van der Waals surface area contributed by atoms with E-state index in [4.69, 9.17) is 14.5 Å². The Balaban J connectivity index is 1.74. The predicted molar refractivity (Wildman–Crippen MR) is 119 cm³/mol. The summed E-state index contributed by atoms with van der Waals surface area (Å²) in [6.45, 7) is 1.89. The summed E-state index contributed by atoms with van der Waals surface area (Å²) in [5.41, 5.74) is 3.17. The molecular formula is C24H28BrNO4. The third kappa shape index (κ3) is 4.11. The van der Waals surface area contributed by atoms with E-state index < -0.39 is 5.92 Å². The lowest BCUT2D eigenvalue weighted by Gasteiger charge is -2.35. The standard InChI is InChI=1S/C24H28BrNO4/c1-14-21(24(28)30-16-7-4-3-5-8-16)22(15-11-12-20(29-2)17(25)13-15)23-18(26-14)9-6-10-19(23)27/h11-13,16,21-22H,3-10H2,1-2H3/t21?,22-/m1/s1. The highest BCUT2D eigenvalue weighted by molar-refractivity contribution is 9.10. The molecule has 0 radical (unpaired) electrons. The van der Waals surface area contributed by atoms with Crippen molar-refractivity contribution in [2.45, 2.75) is 70.3 Å². The van der Waals surface area contributed by atoms with Crippen LogP contribution in [0.3, 0.4) is 0 Å². The smallest absolute Gasteiger partial charge is 0.315 e. The van der Waals surface area contributed by atoms with E-state index in [-0.39, 0.29) is 23.8 Å².